The molecule has 2 rings (SSSR count). The molecule has 0 unspecified atom stereocenters. The van der Waals surface area contributed by atoms with Crippen LogP contribution in [0.25, 0.3) is 0 Å². The Balaban J connectivity index is 2.54. The van der Waals surface area contributed by atoms with E-state index in [2.05, 4.69) is 0 Å². The first-order chi connectivity index (χ1) is 10.4. The summed E-state index contributed by atoms with van der Waals surface area (Å²) in [6.07, 6.45) is -1.52. The number of sulfonamides is 1. The zero-order chi connectivity index (χ0) is 17.6. The maximum Gasteiger partial charge on any atom is 0.502 e. The molecule has 0 bridgehead atoms. The third-order valence-corrected chi connectivity index (χ3v) is 6.59. The van der Waals surface area contributed by atoms with Gasteiger partial charge < -0.3 is 0 Å². The lowest BCUT2D eigenvalue weighted by molar-refractivity contribution is -0.0437. The van der Waals surface area contributed by atoms with Gasteiger partial charge in [-0.25, -0.2) is 25.6 Å². The highest BCUT2D eigenvalue weighted by molar-refractivity contribution is 7.92. The molecule has 1 fully saturated rings. The van der Waals surface area contributed by atoms with Crippen LogP contribution < -0.4 is 0 Å². The van der Waals surface area contributed by atoms with E-state index in [4.69, 9.17) is 0 Å². The summed E-state index contributed by atoms with van der Waals surface area (Å²) in [6, 6.07) is 1.04. The van der Waals surface area contributed by atoms with Crippen LogP contribution in [0.1, 0.15) is 6.42 Å². The quantitative estimate of drug-likeness (QED) is 0.752. The van der Waals surface area contributed by atoms with Gasteiger partial charge in [-0.3, -0.25) is 0 Å². The summed E-state index contributed by atoms with van der Waals surface area (Å²) in [5, 5.41) is 0. The average molecular weight is 379 g/mol. The maximum atomic E-state index is 13.5. The Hall–Kier alpha value is -1.27. The summed E-state index contributed by atoms with van der Waals surface area (Å²) < 4.78 is 112. The minimum absolute atomic E-state index is 0.0892. The van der Waals surface area contributed by atoms with Crippen molar-refractivity contribution in [2.24, 2.45) is 0 Å². The molecular weight excluding hydrogens is 369 g/mol. The van der Waals surface area contributed by atoms with Crippen molar-refractivity contribution in [2.75, 3.05) is 13.1 Å². The summed E-state index contributed by atoms with van der Waals surface area (Å²) in [6.45, 7) is -0.705. The smallest absolute Gasteiger partial charge is 0.246 e. The van der Waals surface area contributed by atoms with Gasteiger partial charge in [-0.05, 0) is 24.6 Å². The number of hydrogen-bond donors (Lipinski definition) is 0. The van der Waals surface area contributed by atoms with E-state index in [9.17, 15) is 38.8 Å². The number of nitrogens with zero attached hydrogens (tertiary/aromatic N) is 1. The van der Waals surface area contributed by atoms with E-state index in [0.717, 1.165) is 0 Å². The van der Waals surface area contributed by atoms with Gasteiger partial charge in [-0.1, -0.05) is 0 Å². The summed E-state index contributed by atoms with van der Waals surface area (Å²) in [5.41, 5.74) is -5.78. The molecule has 1 aliphatic heterocycles. The number of benzene rings is 1. The molecule has 0 radical (unpaired) electrons. The molecule has 0 aliphatic carbocycles. The second kappa shape index (κ2) is 5.67. The number of sulfone groups is 1. The van der Waals surface area contributed by atoms with Crippen molar-refractivity contribution in [2.45, 2.75) is 27.9 Å². The Kier molecular flexibility index (Phi) is 4.45. The lowest BCUT2D eigenvalue weighted by Gasteiger charge is -2.16. The van der Waals surface area contributed by atoms with E-state index in [1.54, 1.807) is 0 Å². The molecule has 1 heterocycles. The van der Waals surface area contributed by atoms with Crippen LogP contribution in [0.5, 0.6) is 0 Å². The normalized spacial score (nSPS) is 20.8. The molecule has 1 saturated heterocycles. The molecule has 1 aromatic rings. The van der Waals surface area contributed by atoms with Gasteiger partial charge in [-0.2, -0.15) is 17.5 Å². The molecule has 0 aromatic heterocycles. The van der Waals surface area contributed by atoms with Crippen LogP contribution in [0.15, 0.2) is 28.0 Å². The van der Waals surface area contributed by atoms with E-state index in [-0.39, 0.29) is 19.0 Å². The maximum absolute atomic E-state index is 13.5. The van der Waals surface area contributed by atoms with Gasteiger partial charge in [-0.15, -0.1) is 0 Å². The first-order valence-electron chi connectivity index (χ1n) is 6.12. The van der Waals surface area contributed by atoms with E-state index in [1.807, 2.05) is 0 Å². The lowest BCUT2D eigenvalue weighted by atomic mass is 10.3. The van der Waals surface area contributed by atoms with Crippen molar-refractivity contribution >= 4 is 19.9 Å². The van der Waals surface area contributed by atoms with Crippen molar-refractivity contribution < 1.29 is 38.8 Å². The summed E-state index contributed by atoms with van der Waals surface area (Å²) in [5.74, 6) is -1.73. The van der Waals surface area contributed by atoms with E-state index in [0.29, 0.717) is 16.4 Å². The average Bonchev–Trinajstić information content (AvgIpc) is 2.85. The molecule has 130 valence electrons. The fourth-order valence-corrected chi connectivity index (χ4v) is 4.47. The molecule has 0 saturated carbocycles. The SMILES string of the molecule is O=S(=O)(c1ccc(F)c(S(=O)(=O)C(F)(F)F)c1)N1CC[C@@H](F)C1. The predicted molar refractivity (Wildman–Crippen MR) is 67.9 cm³/mol. The van der Waals surface area contributed by atoms with Crippen molar-refractivity contribution in [3.05, 3.63) is 24.0 Å². The standard InChI is InChI=1S/C11H10F5NO4S2/c12-7-3-4-17(6-7)23(20,21)8-1-2-9(13)10(5-8)22(18,19)11(14,15)16/h1-2,5,7H,3-4,6H2/t7-/m1/s1. The summed E-state index contributed by atoms with van der Waals surface area (Å²) in [7, 11) is -10.5. The summed E-state index contributed by atoms with van der Waals surface area (Å²) in [4.78, 5) is -2.64. The Labute approximate surface area is 128 Å². The highest BCUT2D eigenvalue weighted by Gasteiger charge is 2.48. The molecule has 0 N–H and O–H groups in total. The fraction of sp³-hybridized carbons (Fsp3) is 0.455. The Morgan fingerprint density at radius 2 is 1.74 bits per heavy atom. The van der Waals surface area contributed by atoms with Crippen LogP contribution in [0.4, 0.5) is 22.0 Å². The van der Waals surface area contributed by atoms with Crippen molar-refractivity contribution in [1.29, 1.82) is 0 Å². The largest absolute Gasteiger partial charge is 0.502 e. The molecule has 0 amide bonds. The number of alkyl halides is 4. The zero-order valence-electron chi connectivity index (χ0n) is 11.2. The van der Waals surface area contributed by atoms with Crippen molar-refractivity contribution in [3.63, 3.8) is 0 Å². The molecule has 0 spiro atoms. The molecular formula is C11H10F5NO4S2. The van der Waals surface area contributed by atoms with E-state index in [1.165, 1.54) is 0 Å². The minimum Gasteiger partial charge on any atom is -0.246 e. The van der Waals surface area contributed by atoms with Gasteiger partial charge in [0.1, 0.15) is 16.9 Å². The first-order valence-corrected chi connectivity index (χ1v) is 9.05. The lowest BCUT2D eigenvalue weighted by Crippen LogP contribution is -2.30. The van der Waals surface area contributed by atoms with Crippen molar-refractivity contribution in [1.82, 2.24) is 4.31 Å². The number of hydrogen-bond acceptors (Lipinski definition) is 4. The van der Waals surface area contributed by atoms with Crippen LogP contribution in [0.2, 0.25) is 0 Å². The predicted octanol–water partition coefficient (Wildman–Crippen LogP) is 1.85. The van der Waals surface area contributed by atoms with Gasteiger partial charge in [0.15, 0.2) is 0 Å². The highest BCUT2D eigenvalue weighted by atomic mass is 32.2. The van der Waals surface area contributed by atoms with E-state index >= 15 is 0 Å². The molecule has 5 nitrogen and oxygen atoms in total. The van der Waals surface area contributed by atoms with Gasteiger partial charge in [0.05, 0.1) is 4.90 Å². The van der Waals surface area contributed by atoms with Gasteiger partial charge in [0, 0.05) is 13.1 Å². The molecule has 23 heavy (non-hydrogen) atoms. The minimum atomic E-state index is -6.06. The molecule has 1 aromatic carbocycles. The molecule has 1 atom stereocenters. The highest BCUT2D eigenvalue weighted by Crippen LogP contribution is 2.33. The van der Waals surface area contributed by atoms with Crippen LogP contribution in [-0.4, -0.2) is 45.9 Å². The first kappa shape index (κ1) is 18.1. The number of halogens is 5. The molecule has 1 aliphatic rings. The van der Waals surface area contributed by atoms with Crippen LogP contribution in [0.3, 0.4) is 0 Å². The Bertz CT molecular complexity index is 819. The zero-order valence-corrected chi connectivity index (χ0v) is 12.9. The third kappa shape index (κ3) is 3.19. The summed E-state index contributed by atoms with van der Waals surface area (Å²) >= 11 is 0. The van der Waals surface area contributed by atoms with Gasteiger partial charge in [0.2, 0.25) is 10.0 Å². The van der Waals surface area contributed by atoms with Crippen molar-refractivity contribution in [3.8, 4) is 0 Å². The second-order valence-corrected chi connectivity index (χ2v) is 8.64. The van der Waals surface area contributed by atoms with E-state index < -0.39 is 53.7 Å². The van der Waals surface area contributed by atoms with Crippen LogP contribution >= 0.6 is 0 Å². The third-order valence-electron chi connectivity index (χ3n) is 3.23. The van der Waals surface area contributed by atoms with Gasteiger partial charge >= 0.3 is 5.51 Å². The number of rotatable bonds is 3. The Morgan fingerprint density at radius 3 is 2.22 bits per heavy atom. The molecule has 12 heteroatoms. The second-order valence-electron chi connectivity index (χ2n) is 4.79. The monoisotopic (exact) mass is 379 g/mol. The van der Waals surface area contributed by atoms with Crippen LogP contribution in [0, 0.1) is 5.82 Å². The van der Waals surface area contributed by atoms with Gasteiger partial charge in [0.25, 0.3) is 9.84 Å². The Morgan fingerprint density at radius 1 is 1.13 bits per heavy atom. The fourth-order valence-electron chi connectivity index (χ4n) is 2.03. The topological polar surface area (TPSA) is 71.5 Å². The van der Waals surface area contributed by atoms with Crippen LogP contribution in [-0.2, 0) is 19.9 Å².